The van der Waals surface area contributed by atoms with E-state index in [4.69, 9.17) is 16.3 Å². The average Bonchev–Trinajstić information content (AvgIpc) is 2.49. The molecule has 0 aliphatic carbocycles. The molecule has 1 fully saturated rings. The van der Waals surface area contributed by atoms with Crippen molar-refractivity contribution >= 4 is 46.2 Å². The first kappa shape index (κ1) is 20.2. The molecular formula is C17H21ClFIN2O3. The van der Waals surface area contributed by atoms with E-state index < -0.39 is 17.5 Å². The summed E-state index contributed by atoms with van der Waals surface area (Å²) in [4.78, 5) is 26.1. The lowest BCUT2D eigenvalue weighted by molar-refractivity contribution is 0.0473. The van der Waals surface area contributed by atoms with Crippen LogP contribution in [0.15, 0.2) is 12.1 Å². The maximum absolute atomic E-state index is 13.5. The van der Waals surface area contributed by atoms with Gasteiger partial charge in [-0.1, -0.05) is 11.6 Å². The molecule has 1 aliphatic rings. The van der Waals surface area contributed by atoms with Gasteiger partial charge in [-0.05, 0) is 68.3 Å². The maximum Gasteiger partial charge on any atom is 0.407 e. The third-order valence-electron chi connectivity index (χ3n) is 3.74. The van der Waals surface area contributed by atoms with E-state index in [0.717, 1.165) is 6.07 Å². The van der Waals surface area contributed by atoms with Crippen molar-refractivity contribution in [2.75, 3.05) is 13.1 Å². The number of carbonyl (C=O) groups is 2. The van der Waals surface area contributed by atoms with Crippen LogP contribution in [0.3, 0.4) is 0 Å². The topological polar surface area (TPSA) is 58.6 Å². The zero-order valence-corrected chi connectivity index (χ0v) is 17.3. The Bertz CT molecular complexity index is 671. The number of benzene rings is 1. The Hall–Kier alpha value is -1.09. The molecule has 0 radical (unpaired) electrons. The Labute approximate surface area is 165 Å². The Balaban J connectivity index is 1.93. The second-order valence-corrected chi connectivity index (χ2v) is 8.53. The van der Waals surface area contributed by atoms with Gasteiger partial charge in [-0.15, -0.1) is 0 Å². The van der Waals surface area contributed by atoms with Gasteiger partial charge in [0, 0.05) is 22.7 Å². The van der Waals surface area contributed by atoms with E-state index in [-0.39, 0.29) is 17.0 Å². The van der Waals surface area contributed by atoms with Crippen molar-refractivity contribution in [1.82, 2.24) is 10.2 Å². The molecule has 1 aromatic carbocycles. The summed E-state index contributed by atoms with van der Waals surface area (Å²) in [6.45, 7) is 6.40. The van der Waals surface area contributed by atoms with Gasteiger partial charge in [0.25, 0.3) is 5.91 Å². The molecule has 2 rings (SSSR count). The summed E-state index contributed by atoms with van der Waals surface area (Å²) in [5, 5.41) is 2.93. The zero-order chi connectivity index (χ0) is 18.8. The molecule has 0 atom stereocenters. The summed E-state index contributed by atoms with van der Waals surface area (Å²) in [7, 11) is 0. The van der Waals surface area contributed by atoms with Crippen LogP contribution in [0.5, 0.6) is 0 Å². The normalized spacial score (nSPS) is 15.8. The number of amides is 2. The summed E-state index contributed by atoms with van der Waals surface area (Å²) < 4.78 is 19.1. The minimum absolute atomic E-state index is 0.0391. The Kier molecular flexibility index (Phi) is 6.53. The van der Waals surface area contributed by atoms with Crippen molar-refractivity contribution < 1.29 is 18.7 Å². The van der Waals surface area contributed by atoms with E-state index >= 15 is 0 Å². The predicted octanol–water partition coefficient (Wildman–Crippen LogP) is 4.21. The second kappa shape index (κ2) is 8.07. The first-order valence-corrected chi connectivity index (χ1v) is 9.46. The average molecular weight is 483 g/mol. The van der Waals surface area contributed by atoms with Crippen LogP contribution >= 0.6 is 34.2 Å². The number of piperidine rings is 1. The lowest BCUT2D eigenvalue weighted by Gasteiger charge is -2.33. The highest BCUT2D eigenvalue weighted by Gasteiger charge is 2.27. The van der Waals surface area contributed by atoms with Gasteiger partial charge in [0.2, 0.25) is 0 Å². The maximum atomic E-state index is 13.5. The summed E-state index contributed by atoms with van der Waals surface area (Å²) in [6.07, 6.45) is 0.801. The molecular weight excluding hydrogens is 462 g/mol. The Morgan fingerprint density at radius 2 is 1.92 bits per heavy atom. The van der Waals surface area contributed by atoms with Gasteiger partial charge >= 0.3 is 6.09 Å². The molecule has 0 spiro atoms. The number of halogens is 3. The second-order valence-electron chi connectivity index (χ2n) is 6.96. The Morgan fingerprint density at radius 3 is 2.48 bits per heavy atom. The van der Waals surface area contributed by atoms with E-state index in [9.17, 15) is 14.0 Å². The van der Waals surface area contributed by atoms with Gasteiger partial charge in [-0.3, -0.25) is 4.79 Å². The third-order valence-corrected chi connectivity index (χ3v) is 4.88. The SMILES string of the molecule is CC(C)(C)OC(=O)NC1CCN(C(=O)c2cc(I)c(F)cc2Cl)CC1. The first-order chi connectivity index (χ1) is 11.6. The molecule has 1 heterocycles. The zero-order valence-electron chi connectivity index (χ0n) is 14.4. The number of rotatable bonds is 2. The van der Waals surface area contributed by atoms with Crippen LogP contribution in [-0.2, 0) is 4.74 Å². The van der Waals surface area contributed by atoms with E-state index in [1.807, 2.05) is 43.4 Å². The highest BCUT2D eigenvalue weighted by Crippen LogP contribution is 2.24. The van der Waals surface area contributed by atoms with Crippen molar-refractivity contribution in [3.05, 3.63) is 32.1 Å². The van der Waals surface area contributed by atoms with E-state index in [1.165, 1.54) is 6.07 Å². The van der Waals surface area contributed by atoms with E-state index in [2.05, 4.69) is 5.32 Å². The van der Waals surface area contributed by atoms with Crippen LogP contribution in [0.2, 0.25) is 5.02 Å². The molecule has 2 amide bonds. The Morgan fingerprint density at radius 1 is 1.32 bits per heavy atom. The highest BCUT2D eigenvalue weighted by molar-refractivity contribution is 14.1. The van der Waals surface area contributed by atoms with Gasteiger partial charge in [-0.2, -0.15) is 0 Å². The van der Waals surface area contributed by atoms with Crippen LogP contribution in [-0.4, -0.2) is 41.6 Å². The van der Waals surface area contributed by atoms with Crippen molar-refractivity contribution in [2.45, 2.75) is 45.3 Å². The largest absolute Gasteiger partial charge is 0.444 e. The smallest absolute Gasteiger partial charge is 0.407 e. The fourth-order valence-electron chi connectivity index (χ4n) is 2.56. The monoisotopic (exact) mass is 482 g/mol. The molecule has 0 unspecified atom stereocenters. The van der Waals surface area contributed by atoms with Crippen LogP contribution < -0.4 is 5.32 Å². The fourth-order valence-corrected chi connectivity index (χ4v) is 3.26. The number of likely N-dealkylation sites (tertiary alicyclic amines) is 1. The molecule has 1 aromatic rings. The van der Waals surface area contributed by atoms with Crippen molar-refractivity contribution in [3.8, 4) is 0 Å². The van der Waals surface area contributed by atoms with Gasteiger partial charge in [0.15, 0.2) is 0 Å². The highest BCUT2D eigenvalue weighted by atomic mass is 127. The van der Waals surface area contributed by atoms with Gasteiger partial charge in [0.1, 0.15) is 11.4 Å². The minimum atomic E-state index is -0.544. The molecule has 8 heteroatoms. The molecule has 25 heavy (non-hydrogen) atoms. The summed E-state index contributed by atoms with van der Waals surface area (Å²) >= 11 is 7.84. The number of hydrogen-bond donors (Lipinski definition) is 1. The number of nitrogens with zero attached hydrogens (tertiary/aromatic N) is 1. The van der Waals surface area contributed by atoms with Crippen LogP contribution in [0.25, 0.3) is 0 Å². The molecule has 138 valence electrons. The van der Waals surface area contributed by atoms with Gasteiger partial charge in [0.05, 0.1) is 10.6 Å². The molecule has 0 saturated carbocycles. The summed E-state index contributed by atoms with van der Waals surface area (Å²) in [6, 6.07) is 2.58. The quantitative estimate of drug-likeness (QED) is 0.507. The summed E-state index contributed by atoms with van der Waals surface area (Å²) in [5.74, 6) is -0.666. The van der Waals surface area contributed by atoms with Crippen LogP contribution in [0.1, 0.15) is 44.0 Å². The lowest BCUT2D eigenvalue weighted by atomic mass is 10.0. The van der Waals surface area contributed by atoms with Crippen molar-refractivity contribution in [2.24, 2.45) is 0 Å². The van der Waals surface area contributed by atoms with Crippen molar-refractivity contribution in [3.63, 3.8) is 0 Å². The fraction of sp³-hybridized carbons (Fsp3) is 0.529. The lowest BCUT2D eigenvalue weighted by Crippen LogP contribution is -2.47. The number of carbonyl (C=O) groups excluding carboxylic acids is 2. The molecule has 0 bridgehead atoms. The van der Waals surface area contributed by atoms with Gasteiger partial charge < -0.3 is 15.0 Å². The summed E-state index contributed by atoms with van der Waals surface area (Å²) in [5.41, 5.74) is -0.247. The number of ether oxygens (including phenoxy) is 1. The van der Waals surface area contributed by atoms with E-state index in [1.54, 1.807) is 4.90 Å². The molecule has 0 aromatic heterocycles. The molecule has 5 nitrogen and oxygen atoms in total. The standard InChI is InChI=1S/C17H21ClFIN2O3/c1-17(2,3)25-16(24)21-10-4-6-22(7-5-10)15(23)11-8-14(20)13(19)9-12(11)18/h8-10H,4-7H2,1-3H3,(H,21,24). The number of nitrogens with one attached hydrogen (secondary N) is 1. The molecule has 1 saturated heterocycles. The number of hydrogen-bond acceptors (Lipinski definition) is 3. The van der Waals surface area contributed by atoms with Crippen LogP contribution in [0.4, 0.5) is 9.18 Å². The molecule has 1 aliphatic heterocycles. The third kappa shape index (κ3) is 5.70. The first-order valence-electron chi connectivity index (χ1n) is 8.00. The van der Waals surface area contributed by atoms with Gasteiger partial charge in [-0.25, -0.2) is 9.18 Å². The van der Waals surface area contributed by atoms with Crippen molar-refractivity contribution in [1.29, 1.82) is 0 Å². The number of alkyl carbamates (subject to hydrolysis) is 1. The van der Waals surface area contributed by atoms with Crippen LogP contribution in [0, 0.1) is 9.39 Å². The predicted molar refractivity (Wildman–Crippen MR) is 102 cm³/mol. The minimum Gasteiger partial charge on any atom is -0.444 e. The van der Waals surface area contributed by atoms with E-state index in [0.29, 0.717) is 35.1 Å². The molecule has 1 N–H and O–H groups in total.